The van der Waals surface area contributed by atoms with Crippen LogP contribution >= 0.6 is 0 Å². The molecule has 0 bridgehead atoms. The molecule has 1 fully saturated rings. The first-order valence-electron chi connectivity index (χ1n) is 5.77. The van der Waals surface area contributed by atoms with Crippen molar-refractivity contribution in [2.75, 3.05) is 0 Å². The number of nitrogens with zero attached hydrogens (tertiary/aromatic N) is 4. The topological polar surface area (TPSA) is 63.8 Å². The van der Waals surface area contributed by atoms with Gasteiger partial charge in [-0.25, -0.2) is 4.68 Å². The molecule has 0 spiro atoms. The molecular formula is C12H14N4O. The Morgan fingerprint density at radius 3 is 2.94 bits per heavy atom. The summed E-state index contributed by atoms with van der Waals surface area (Å²) in [6, 6.07) is 8.16. The van der Waals surface area contributed by atoms with Crippen LogP contribution in [0.4, 0.5) is 0 Å². The summed E-state index contributed by atoms with van der Waals surface area (Å²) in [5, 5.41) is 20.7. The second-order valence-corrected chi connectivity index (χ2v) is 4.62. The number of tetrazole rings is 1. The normalized spacial score (nSPS) is 27.8. The molecule has 0 amide bonds. The van der Waals surface area contributed by atoms with E-state index in [-0.39, 0.29) is 6.10 Å². The lowest BCUT2D eigenvalue weighted by atomic mass is 9.69. The highest BCUT2D eigenvalue weighted by Crippen LogP contribution is 2.42. The third kappa shape index (κ3) is 1.72. The van der Waals surface area contributed by atoms with Crippen LogP contribution in [-0.2, 0) is 0 Å². The molecule has 0 saturated heterocycles. The van der Waals surface area contributed by atoms with Crippen molar-refractivity contribution in [1.82, 2.24) is 20.2 Å². The van der Waals surface area contributed by atoms with Gasteiger partial charge in [-0.1, -0.05) is 19.1 Å². The molecular weight excluding hydrogens is 216 g/mol. The molecule has 5 nitrogen and oxygen atoms in total. The molecule has 3 atom stereocenters. The Morgan fingerprint density at radius 1 is 1.41 bits per heavy atom. The van der Waals surface area contributed by atoms with Crippen molar-refractivity contribution in [2.45, 2.75) is 25.4 Å². The highest BCUT2D eigenvalue weighted by molar-refractivity contribution is 5.37. The molecule has 3 unspecified atom stereocenters. The molecule has 1 aromatic carbocycles. The molecule has 0 radical (unpaired) electrons. The van der Waals surface area contributed by atoms with Crippen LogP contribution in [0.25, 0.3) is 5.69 Å². The summed E-state index contributed by atoms with van der Waals surface area (Å²) in [6.45, 7) is 2.09. The van der Waals surface area contributed by atoms with Crippen molar-refractivity contribution in [1.29, 1.82) is 0 Å². The Bertz CT molecular complexity index is 511. The standard InChI is InChI=1S/C12H14N4O/c1-8-11(6-12(8)17)9-3-2-4-10(5-9)16-7-13-14-15-16/h2-5,7-8,11-12,17H,6H2,1H3. The van der Waals surface area contributed by atoms with E-state index in [0.29, 0.717) is 11.8 Å². The van der Waals surface area contributed by atoms with Gasteiger partial charge in [0.15, 0.2) is 0 Å². The summed E-state index contributed by atoms with van der Waals surface area (Å²) in [5.41, 5.74) is 2.21. The van der Waals surface area contributed by atoms with Crippen LogP contribution in [0.2, 0.25) is 0 Å². The van der Waals surface area contributed by atoms with E-state index < -0.39 is 0 Å². The maximum atomic E-state index is 9.56. The predicted octanol–water partition coefficient (Wildman–Crippen LogP) is 1.15. The molecule has 1 N–H and O–H groups in total. The fourth-order valence-corrected chi connectivity index (χ4v) is 2.38. The van der Waals surface area contributed by atoms with Crippen molar-refractivity contribution >= 4 is 0 Å². The zero-order valence-corrected chi connectivity index (χ0v) is 9.56. The number of hydrogen-bond donors (Lipinski definition) is 1. The Hall–Kier alpha value is -1.75. The third-order valence-electron chi connectivity index (χ3n) is 3.65. The predicted molar refractivity (Wildman–Crippen MR) is 61.7 cm³/mol. The van der Waals surface area contributed by atoms with Gasteiger partial charge in [-0.3, -0.25) is 0 Å². The van der Waals surface area contributed by atoms with Crippen molar-refractivity contribution in [3.05, 3.63) is 36.2 Å². The molecule has 3 rings (SSSR count). The summed E-state index contributed by atoms with van der Waals surface area (Å²) in [4.78, 5) is 0. The quantitative estimate of drug-likeness (QED) is 0.840. The van der Waals surface area contributed by atoms with Gasteiger partial charge in [-0.2, -0.15) is 0 Å². The fourth-order valence-electron chi connectivity index (χ4n) is 2.38. The molecule has 1 aromatic heterocycles. The number of benzene rings is 1. The molecule has 1 aliphatic carbocycles. The smallest absolute Gasteiger partial charge is 0.143 e. The van der Waals surface area contributed by atoms with Gasteiger partial charge in [-0.05, 0) is 46.4 Å². The number of aliphatic hydroxyl groups excluding tert-OH is 1. The van der Waals surface area contributed by atoms with Gasteiger partial charge in [0.1, 0.15) is 6.33 Å². The van der Waals surface area contributed by atoms with E-state index in [0.717, 1.165) is 12.1 Å². The largest absolute Gasteiger partial charge is 0.393 e. The van der Waals surface area contributed by atoms with E-state index in [1.165, 1.54) is 5.56 Å². The molecule has 88 valence electrons. The first kappa shape index (κ1) is 10.4. The lowest BCUT2D eigenvalue weighted by molar-refractivity contribution is 0.0117. The Kier molecular flexibility index (Phi) is 2.40. The minimum absolute atomic E-state index is 0.156. The van der Waals surface area contributed by atoms with Gasteiger partial charge in [-0.15, -0.1) is 5.10 Å². The molecule has 17 heavy (non-hydrogen) atoms. The number of aliphatic hydroxyl groups is 1. The van der Waals surface area contributed by atoms with Gasteiger partial charge in [0.05, 0.1) is 11.8 Å². The van der Waals surface area contributed by atoms with E-state index in [2.05, 4.69) is 34.6 Å². The molecule has 1 aliphatic rings. The van der Waals surface area contributed by atoms with Crippen LogP contribution < -0.4 is 0 Å². The van der Waals surface area contributed by atoms with Crippen molar-refractivity contribution in [2.24, 2.45) is 5.92 Å². The van der Waals surface area contributed by atoms with Crippen molar-refractivity contribution in [3.63, 3.8) is 0 Å². The van der Waals surface area contributed by atoms with Gasteiger partial charge < -0.3 is 5.11 Å². The number of hydrogen-bond acceptors (Lipinski definition) is 4. The minimum atomic E-state index is -0.156. The van der Waals surface area contributed by atoms with E-state index in [1.807, 2.05) is 12.1 Å². The summed E-state index contributed by atoms with van der Waals surface area (Å²) in [5.74, 6) is 0.778. The van der Waals surface area contributed by atoms with Crippen molar-refractivity contribution in [3.8, 4) is 5.69 Å². The third-order valence-corrected chi connectivity index (χ3v) is 3.65. The lowest BCUT2D eigenvalue weighted by Crippen LogP contribution is -2.37. The first-order valence-corrected chi connectivity index (χ1v) is 5.77. The first-order chi connectivity index (χ1) is 8.25. The van der Waals surface area contributed by atoms with E-state index in [4.69, 9.17) is 0 Å². The summed E-state index contributed by atoms with van der Waals surface area (Å²) >= 11 is 0. The number of aromatic nitrogens is 4. The average Bonchev–Trinajstić information content (AvgIpc) is 2.89. The van der Waals surface area contributed by atoms with Gasteiger partial charge in [0.2, 0.25) is 0 Å². The van der Waals surface area contributed by atoms with Gasteiger partial charge >= 0.3 is 0 Å². The maximum Gasteiger partial charge on any atom is 0.143 e. The Labute approximate surface area is 99.1 Å². The van der Waals surface area contributed by atoms with E-state index in [1.54, 1.807) is 11.0 Å². The summed E-state index contributed by atoms with van der Waals surface area (Å²) in [7, 11) is 0. The van der Waals surface area contributed by atoms with E-state index >= 15 is 0 Å². The highest BCUT2D eigenvalue weighted by atomic mass is 16.3. The van der Waals surface area contributed by atoms with Crippen LogP contribution in [0, 0.1) is 5.92 Å². The minimum Gasteiger partial charge on any atom is -0.393 e. The molecule has 5 heteroatoms. The molecule has 1 heterocycles. The van der Waals surface area contributed by atoms with Gasteiger partial charge in [0.25, 0.3) is 0 Å². The SMILES string of the molecule is CC1C(O)CC1c1cccc(-n2cnnn2)c1. The highest BCUT2D eigenvalue weighted by Gasteiger charge is 2.37. The monoisotopic (exact) mass is 230 g/mol. The van der Waals surface area contributed by atoms with Crippen LogP contribution in [-0.4, -0.2) is 31.4 Å². The molecule has 2 aromatic rings. The summed E-state index contributed by atoms with van der Waals surface area (Å²) in [6.07, 6.45) is 2.27. The van der Waals surface area contributed by atoms with E-state index in [9.17, 15) is 5.11 Å². The van der Waals surface area contributed by atoms with Crippen LogP contribution in [0.5, 0.6) is 0 Å². The summed E-state index contributed by atoms with van der Waals surface area (Å²) < 4.78 is 1.64. The second kappa shape index (κ2) is 3.92. The number of rotatable bonds is 2. The van der Waals surface area contributed by atoms with Crippen LogP contribution in [0.15, 0.2) is 30.6 Å². The van der Waals surface area contributed by atoms with Crippen LogP contribution in [0.3, 0.4) is 0 Å². The second-order valence-electron chi connectivity index (χ2n) is 4.62. The lowest BCUT2D eigenvalue weighted by Gasteiger charge is -2.39. The maximum absolute atomic E-state index is 9.56. The zero-order valence-electron chi connectivity index (χ0n) is 9.56. The average molecular weight is 230 g/mol. The Morgan fingerprint density at radius 2 is 2.29 bits per heavy atom. The Balaban J connectivity index is 1.90. The molecule has 1 saturated carbocycles. The zero-order chi connectivity index (χ0) is 11.8. The molecule has 0 aliphatic heterocycles. The fraction of sp³-hybridized carbons (Fsp3) is 0.417. The van der Waals surface area contributed by atoms with Crippen LogP contribution in [0.1, 0.15) is 24.8 Å². The van der Waals surface area contributed by atoms with Gasteiger partial charge in [0, 0.05) is 0 Å². The van der Waals surface area contributed by atoms with Crippen molar-refractivity contribution < 1.29 is 5.11 Å².